The van der Waals surface area contributed by atoms with Crippen molar-refractivity contribution in [1.82, 2.24) is 9.80 Å². The van der Waals surface area contributed by atoms with E-state index in [2.05, 4.69) is 0 Å². The van der Waals surface area contributed by atoms with Gasteiger partial charge in [-0.05, 0) is 18.9 Å². The van der Waals surface area contributed by atoms with E-state index in [1.165, 1.54) is 11.0 Å². The number of carbonyl (C=O) groups excluding carboxylic acids is 2. The Bertz CT molecular complexity index is 626. The van der Waals surface area contributed by atoms with Gasteiger partial charge in [-0.2, -0.15) is 0 Å². The Kier molecular flexibility index (Phi) is 3.08. The number of nitro groups is 1. The molecule has 3 amide bonds. The Hall–Kier alpha value is -2.51. The van der Waals surface area contributed by atoms with Crippen LogP contribution in [0, 0.1) is 15.9 Å². The summed E-state index contributed by atoms with van der Waals surface area (Å²) in [5, 5.41) is 10.9. The van der Waals surface area contributed by atoms with Gasteiger partial charge in [-0.15, -0.1) is 0 Å². The van der Waals surface area contributed by atoms with Crippen molar-refractivity contribution in [2.24, 2.45) is 0 Å². The average molecular weight is 293 g/mol. The molecular weight excluding hydrogens is 281 g/mol. The van der Waals surface area contributed by atoms with Crippen LogP contribution >= 0.6 is 0 Å². The van der Waals surface area contributed by atoms with Gasteiger partial charge in [-0.1, -0.05) is 6.07 Å². The van der Waals surface area contributed by atoms with Crippen molar-refractivity contribution in [3.63, 3.8) is 0 Å². The summed E-state index contributed by atoms with van der Waals surface area (Å²) in [6.45, 7) is 0.0821. The summed E-state index contributed by atoms with van der Waals surface area (Å²) >= 11 is 0. The lowest BCUT2D eigenvalue weighted by Crippen LogP contribution is -2.33. The summed E-state index contributed by atoms with van der Waals surface area (Å²) in [6, 6.07) is 2.46. The van der Waals surface area contributed by atoms with Crippen LogP contribution in [0.3, 0.4) is 0 Å². The highest BCUT2D eigenvalue weighted by Gasteiger charge is 2.47. The summed E-state index contributed by atoms with van der Waals surface area (Å²) in [5.74, 6) is -1.20. The zero-order valence-corrected chi connectivity index (χ0v) is 11.0. The maximum atomic E-state index is 13.8. The zero-order valence-electron chi connectivity index (χ0n) is 11.0. The molecule has 1 aromatic carbocycles. The molecule has 0 spiro atoms. The number of urea groups is 1. The van der Waals surface area contributed by atoms with Crippen molar-refractivity contribution in [2.75, 3.05) is 6.54 Å². The minimum absolute atomic E-state index is 0.245. The van der Waals surface area contributed by atoms with E-state index in [0.29, 0.717) is 13.0 Å². The van der Waals surface area contributed by atoms with E-state index >= 15 is 0 Å². The van der Waals surface area contributed by atoms with E-state index in [1.54, 1.807) is 0 Å². The fourth-order valence-electron chi connectivity index (χ4n) is 2.86. The molecule has 1 atom stereocenters. The molecule has 3 rings (SSSR count). The maximum Gasteiger partial charge on any atom is 0.327 e. The number of carbonyl (C=O) groups is 2. The van der Waals surface area contributed by atoms with E-state index in [-0.39, 0.29) is 5.56 Å². The van der Waals surface area contributed by atoms with Gasteiger partial charge in [-0.25, -0.2) is 9.18 Å². The molecule has 2 fully saturated rings. The van der Waals surface area contributed by atoms with Crippen LogP contribution in [0.5, 0.6) is 0 Å². The lowest BCUT2D eigenvalue weighted by molar-refractivity contribution is -0.385. The Morgan fingerprint density at radius 3 is 2.81 bits per heavy atom. The molecule has 1 aromatic rings. The fourth-order valence-corrected chi connectivity index (χ4v) is 2.86. The number of benzene rings is 1. The highest BCUT2D eigenvalue weighted by molar-refractivity contribution is 6.04. The molecule has 0 aromatic heterocycles. The third kappa shape index (κ3) is 2.03. The van der Waals surface area contributed by atoms with Crippen LogP contribution in [0.2, 0.25) is 0 Å². The van der Waals surface area contributed by atoms with Crippen LogP contribution in [0.4, 0.5) is 14.9 Å². The normalized spacial score (nSPS) is 21.1. The number of imide groups is 1. The van der Waals surface area contributed by atoms with Crippen LogP contribution in [-0.2, 0) is 11.3 Å². The molecule has 2 saturated heterocycles. The Morgan fingerprint density at radius 1 is 1.38 bits per heavy atom. The van der Waals surface area contributed by atoms with Crippen LogP contribution in [0.15, 0.2) is 18.2 Å². The largest absolute Gasteiger partial charge is 0.327 e. The smallest absolute Gasteiger partial charge is 0.312 e. The first kappa shape index (κ1) is 13.5. The lowest BCUT2D eigenvalue weighted by Gasteiger charge is -2.15. The van der Waals surface area contributed by atoms with Gasteiger partial charge >= 0.3 is 6.03 Å². The monoisotopic (exact) mass is 293 g/mol. The predicted molar refractivity (Wildman–Crippen MR) is 68.7 cm³/mol. The highest BCUT2D eigenvalue weighted by Crippen LogP contribution is 2.31. The van der Waals surface area contributed by atoms with Crippen molar-refractivity contribution >= 4 is 17.6 Å². The molecule has 0 bridgehead atoms. The minimum Gasteiger partial charge on any atom is -0.312 e. The van der Waals surface area contributed by atoms with E-state index in [9.17, 15) is 24.1 Å². The average Bonchev–Trinajstić information content (AvgIpc) is 3.00. The molecule has 7 nitrogen and oxygen atoms in total. The molecule has 2 aliphatic heterocycles. The molecule has 0 saturated carbocycles. The van der Waals surface area contributed by atoms with Crippen LogP contribution < -0.4 is 0 Å². The number of nitro benzene ring substituents is 1. The summed E-state index contributed by atoms with van der Waals surface area (Å²) in [7, 11) is 0. The summed E-state index contributed by atoms with van der Waals surface area (Å²) in [6.07, 6.45) is 1.34. The number of hydrogen-bond donors (Lipinski definition) is 0. The van der Waals surface area contributed by atoms with Gasteiger partial charge < -0.3 is 4.90 Å². The minimum atomic E-state index is -0.795. The van der Waals surface area contributed by atoms with E-state index in [1.807, 2.05) is 0 Å². The van der Waals surface area contributed by atoms with Crippen LogP contribution in [0.1, 0.15) is 18.4 Å². The lowest BCUT2D eigenvalue weighted by atomic mass is 10.1. The molecule has 0 radical (unpaired) electrons. The van der Waals surface area contributed by atoms with Gasteiger partial charge in [-0.3, -0.25) is 19.8 Å². The van der Waals surface area contributed by atoms with Gasteiger partial charge in [0.25, 0.3) is 11.6 Å². The van der Waals surface area contributed by atoms with Crippen molar-refractivity contribution in [1.29, 1.82) is 0 Å². The topological polar surface area (TPSA) is 83.8 Å². The Morgan fingerprint density at radius 2 is 2.14 bits per heavy atom. The molecule has 110 valence electrons. The number of fused-ring (bicyclic) bond motifs is 1. The van der Waals surface area contributed by atoms with Gasteiger partial charge in [0.15, 0.2) is 0 Å². The molecule has 8 heteroatoms. The zero-order chi connectivity index (χ0) is 15.1. The molecule has 0 N–H and O–H groups in total. The standard InChI is InChI=1S/C13H12FN3O4/c14-9-3-1-4-10(17(20)21)8(9)7-16-12(18)11-5-2-6-15(11)13(16)19/h1,3-4,11H,2,5-7H2/t11-/m1/s1. The van der Waals surface area contributed by atoms with Gasteiger partial charge in [0, 0.05) is 12.6 Å². The van der Waals surface area contributed by atoms with E-state index in [0.717, 1.165) is 23.5 Å². The van der Waals surface area contributed by atoms with Crippen molar-refractivity contribution < 1.29 is 18.9 Å². The third-order valence-corrected chi connectivity index (χ3v) is 3.89. The van der Waals surface area contributed by atoms with Crippen LogP contribution in [-0.4, -0.2) is 39.2 Å². The van der Waals surface area contributed by atoms with Crippen molar-refractivity contribution in [2.45, 2.75) is 25.4 Å². The molecule has 2 aliphatic rings. The second-order valence-electron chi connectivity index (χ2n) is 5.05. The molecule has 21 heavy (non-hydrogen) atoms. The quantitative estimate of drug-likeness (QED) is 0.482. The second-order valence-corrected chi connectivity index (χ2v) is 5.05. The van der Waals surface area contributed by atoms with E-state index < -0.39 is 41.0 Å². The van der Waals surface area contributed by atoms with Crippen molar-refractivity contribution in [3.8, 4) is 0 Å². The van der Waals surface area contributed by atoms with Gasteiger partial charge in [0.1, 0.15) is 11.9 Å². The highest BCUT2D eigenvalue weighted by atomic mass is 19.1. The number of amides is 3. The molecule has 0 aliphatic carbocycles. The SMILES string of the molecule is O=C1[C@H]2CCCN2C(=O)N1Cc1c(F)cccc1[N+](=O)[O-]. The molecule has 0 unspecified atom stereocenters. The predicted octanol–water partition coefficient (Wildman–Crippen LogP) is 1.66. The summed E-state index contributed by atoms with van der Waals surface area (Å²) in [5.41, 5.74) is -0.673. The van der Waals surface area contributed by atoms with Crippen molar-refractivity contribution in [3.05, 3.63) is 39.7 Å². The Labute approximate surface area is 119 Å². The number of nitrogens with zero attached hydrogens (tertiary/aromatic N) is 3. The van der Waals surface area contributed by atoms with Crippen LogP contribution in [0.25, 0.3) is 0 Å². The first-order valence-electron chi connectivity index (χ1n) is 6.54. The maximum absolute atomic E-state index is 13.8. The van der Waals surface area contributed by atoms with Gasteiger partial charge in [0.05, 0.1) is 17.0 Å². The Balaban J connectivity index is 1.93. The van der Waals surface area contributed by atoms with Gasteiger partial charge in [0.2, 0.25) is 0 Å². The number of rotatable bonds is 3. The number of hydrogen-bond acceptors (Lipinski definition) is 4. The first-order valence-corrected chi connectivity index (χ1v) is 6.54. The molecule has 2 heterocycles. The second kappa shape index (κ2) is 4.80. The molecular formula is C13H12FN3O4. The summed E-state index contributed by atoms with van der Waals surface area (Å²) in [4.78, 5) is 36.9. The number of halogens is 1. The summed E-state index contributed by atoms with van der Waals surface area (Å²) < 4.78 is 13.8. The first-order chi connectivity index (χ1) is 10.0. The fraction of sp³-hybridized carbons (Fsp3) is 0.385. The van der Waals surface area contributed by atoms with E-state index in [4.69, 9.17) is 0 Å². The third-order valence-electron chi connectivity index (χ3n) is 3.89.